The molecule has 0 nitrogen and oxygen atoms in total. The molecule has 1 fully saturated rings. The zero-order chi connectivity index (χ0) is 29.7. The monoisotopic (exact) mass is 688 g/mol. The molecule has 0 unspecified atom stereocenters. The summed E-state index contributed by atoms with van der Waals surface area (Å²) < 4.78 is 1.80. The molecule has 0 N–H and O–H groups in total. The molecule has 4 aliphatic carbocycles. The molecule has 228 valence electrons. The molecular formula is C40H48Cl2Zr-2. The molecule has 0 heterocycles. The molecule has 0 spiro atoms. The van der Waals surface area contributed by atoms with Gasteiger partial charge in [-0.25, -0.2) is 11.6 Å². The number of benzene rings is 2. The number of rotatable bonds is 0. The first-order chi connectivity index (χ1) is 19.2. The fourth-order valence-corrected chi connectivity index (χ4v) is 8.00. The Morgan fingerprint density at radius 3 is 1.86 bits per heavy atom. The van der Waals surface area contributed by atoms with Gasteiger partial charge in [-0.1, -0.05) is 84.4 Å². The first-order valence-electron chi connectivity index (χ1n) is 15.6. The second kappa shape index (κ2) is 13.5. The molecule has 3 aromatic carbocycles. The van der Waals surface area contributed by atoms with Gasteiger partial charge in [-0.2, -0.15) is 29.3 Å². The number of halogens is 2. The van der Waals surface area contributed by atoms with Gasteiger partial charge in [0.2, 0.25) is 0 Å². The van der Waals surface area contributed by atoms with Gasteiger partial charge in [-0.05, 0) is 58.4 Å². The van der Waals surface area contributed by atoms with Gasteiger partial charge in [0.1, 0.15) is 0 Å². The zero-order valence-corrected chi connectivity index (χ0v) is 31.7. The summed E-state index contributed by atoms with van der Waals surface area (Å²) in [6.45, 7) is 20.4. The fraction of sp³-hybridized carbons (Fsp3) is 0.450. The normalized spacial score (nSPS) is 18.2. The second-order valence-electron chi connectivity index (χ2n) is 14.8. The molecule has 3 heteroatoms. The van der Waals surface area contributed by atoms with Crippen LogP contribution in [0.15, 0.2) is 54.6 Å². The molecule has 43 heavy (non-hydrogen) atoms. The van der Waals surface area contributed by atoms with E-state index in [9.17, 15) is 0 Å². The molecule has 0 amide bonds. The van der Waals surface area contributed by atoms with Gasteiger partial charge in [0.05, 0.1) is 0 Å². The summed E-state index contributed by atoms with van der Waals surface area (Å²) >= 11 is 1.69. The van der Waals surface area contributed by atoms with Gasteiger partial charge in [-0.15, -0.1) is 11.6 Å². The van der Waals surface area contributed by atoms with Crippen LogP contribution in [0.2, 0.25) is 0 Å². The van der Waals surface area contributed by atoms with Gasteiger partial charge in [0, 0.05) is 5.41 Å². The Bertz CT molecular complexity index is 1450. The van der Waals surface area contributed by atoms with Crippen molar-refractivity contribution in [2.75, 3.05) is 0 Å². The summed E-state index contributed by atoms with van der Waals surface area (Å²) in [5, 5.41) is 0. The maximum atomic E-state index is 3.65. The standard InChI is InChI=1S/C25H25.C9H13.C6H10.2ClH.Zr/c1-14-12-24(3,4)22-8-16-7-17-9-23-19(15(2)13-25(23,5)6)11-21(17)20(16)10-18(14)22;1-9(2,3)8-6-4-5-7-8;1-2-4-6-5-3-1;;;/h8-12H,7H2,1-6H3;4-7H,1-3H3;1-5H2;2*1H;/q2*-1;;;;+2/p-2. The summed E-state index contributed by atoms with van der Waals surface area (Å²) in [5.74, 6) is 0. The van der Waals surface area contributed by atoms with Gasteiger partial charge in [-0.3, -0.25) is 6.08 Å². The van der Waals surface area contributed by atoms with Crippen molar-refractivity contribution in [2.24, 2.45) is 0 Å². The number of hydrogen-bond acceptors (Lipinski definition) is 0. The summed E-state index contributed by atoms with van der Waals surface area (Å²) in [5.41, 5.74) is 16.3. The van der Waals surface area contributed by atoms with E-state index < -0.39 is 0 Å². The van der Waals surface area contributed by atoms with Crippen LogP contribution in [0, 0.1) is 6.08 Å². The SMILES string of the molecule is CC(C)(C)c1cc[cH-]c1.CC1=[C-]C(C)(C)c2cc3c(cc21)-c1cc2c(cc1C3)C(C)(C)C=C2C.[Cl-].[Cl-].[Zr+2]=[C]1CCCCC1. The minimum atomic E-state index is 0. The molecule has 0 aromatic heterocycles. The van der Waals surface area contributed by atoms with Crippen LogP contribution in [0.1, 0.15) is 133 Å². The molecule has 0 bridgehead atoms. The van der Waals surface area contributed by atoms with E-state index in [0.29, 0.717) is 5.41 Å². The van der Waals surface area contributed by atoms with Crippen molar-refractivity contribution in [3.05, 3.63) is 99.6 Å². The third-order valence-electron chi connectivity index (χ3n) is 9.42. The Morgan fingerprint density at radius 2 is 1.37 bits per heavy atom. The molecule has 0 saturated heterocycles. The average molecular weight is 691 g/mol. The first-order valence-corrected chi connectivity index (χ1v) is 16.9. The van der Waals surface area contributed by atoms with E-state index in [1.807, 2.05) is 0 Å². The second-order valence-corrected chi connectivity index (χ2v) is 16.5. The van der Waals surface area contributed by atoms with E-state index in [1.54, 1.807) is 27.4 Å². The Kier molecular flexibility index (Phi) is 11.4. The van der Waals surface area contributed by atoms with Crippen molar-refractivity contribution in [1.29, 1.82) is 0 Å². The van der Waals surface area contributed by atoms with E-state index in [2.05, 4.69) is 123 Å². The Hall–Kier alpha value is -1.40. The van der Waals surface area contributed by atoms with Crippen LogP contribution >= 0.6 is 0 Å². The third-order valence-corrected chi connectivity index (χ3v) is 10.6. The zero-order valence-electron chi connectivity index (χ0n) is 27.7. The molecule has 0 atom stereocenters. The van der Waals surface area contributed by atoms with E-state index in [0.717, 1.165) is 6.42 Å². The number of allylic oxidation sites excluding steroid dienone is 4. The molecule has 3 aromatic rings. The number of fused-ring (bicyclic) bond motifs is 5. The van der Waals surface area contributed by atoms with Crippen LogP contribution in [0.3, 0.4) is 0 Å². The Balaban J connectivity index is 0.000000233. The summed E-state index contributed by atoms with van der Waals surface area (Å²) in [7, 11) is 0. The van der Waals surface area contributed by atoms with Crippen LogP contribution in [0.25, 0.3) is 22.3 Å². The van der Waals surface area contributed by atoms with E-state index >= 15 is 0 Å². The topological polar surface area (TPSA) is 0 Å². The van der Waals surface area contributed by atoms with Crippen LogP contribution in [0.4, 0.5) is 0 Å². The Labute approximate surface area is 289 Å². The van der Waals surface area contributed by atoms with Crippen molar-refractivity contribution >= 4 is 14.4 Å². The van der Waals surface area contributed by atoms with Crippen LogP contribution in [-0.4, -0.2) is 3.21 Å². The summed E-state index contributed by atoms with van der Waals surface area (Å²) in [6.07, 6.45) is 14.4. The first kappa shape index (κ1) is 36.1. The van der Waals surface area contributed by atoms with Gasteiger partial charge in [0.25, 0.3) is 0 Å². The van der Waals surface area contributed by atoms with Crippen LogP contribution < -0.4 is 24.8 Å². The Morgan fingerprint density at radius 1 is 0.791 bits per heavy atom. The summed E-state index contributed by atoms with van der Waals surface area (Å²) in [6, 6.07) is 18.3. The third kappa shape index (κ3) is 7.54. The minimum absolute atomic E-state index is 0. The predicted molar refractivity (Wildman–Crippen MR) is 176 cm³/mol. The molecule has 4 aliphatic rings. The van der Waals surface area contributed by atoms with Crippen molar-refractivity contribution in [3.63, 3.8) is 0 Å². The molecule has 1 saturated carbocycles. The van der Waals surface area contributed by atoms with Crippen molar-refractivity contribution in [1.82, 2.24) is 0 Å². The van der Waals surface area contributed by atoms with E-state index in [-0.39, 0.29) is 35.6 Å². The average Bonchev–Trinajstić information content (AvgIpc) is 3.64. The van der Waals surface area contributed by atoms with E-state index in [4.69, 9.17) is 0 Å². The molecule has 7 rings (SSSR count). The number of hydrogen-bond donors (Lipinski definition) is 0. The van der Waals surface area contributed by atoms with Crippen molar-refractivity contribution in [3.8, 4) is 11.1 Å². The predicted octanol–water partition coefficient (Wildman–Crippen LogP) is 4.83. The van der Waals surface area contributed by atoms with Gasteiger partial charge >= 0.3 is 59.5 Å². The van der Waals surface area contributed by atoms with E-state index in [1.165, 1.54) is 93.3 Å². The molecule has 0 radical (unpaired) electrons. The van der Waals surface area contributed by atoms with Crippen molar-refractivity contribution < 1.29 is 49.0 Å². The maximum absolute atomic E-state index is 3.65. The molecular weight excluding hydrogens is 643 g/mol. The van der Waals surface area contributed by atoms with Crippen LogP contribution in [-0.2, 0) is 46.9 Å². The van der Waals surface area contributed by atoms with Crippen LogP contribution in [0.5, 0.6) is 0 Å². The quantitative estimate of drug-likeness (QED) is 0.232. The fourth-order valence-electron chi connectivity index (χ4n) is 7.13. The summed E-state index contributed by atoms with van der Waals surface area (Å²) in [4.78, 5) is 0. The van der Waals surface area contributed by atoms with Gasteiger partial charge in [0.15, 0.2) is 0 Å². The van der Waals surface area contributed by atoms with Gasteiger partial charge < -0.3 is 24.8 Å². The van der Waals surface area contributed by atoms with Crippen molar-refractivity contribution in [2.45, 2.75) is 117 Å². The molecule has 0 aliphatic heterocycles.